The van der Waals surface area contributed by atoms with E-state index in [0.29, 0.717) is 38.8 Å². The first-order chi connectivity index (χ1) is 17.2. The van der Waals surface area contributed by atoms with Gasteiger partial charge in [-0.05, 0) is 48.7 Å². The van der Waals surface area contributed by atoms with E-state index in [0.717, 1.165) is 11.3 Å². The lowest BCUT2D eigenvalue weighted by atomic mass is 9.92. The van der Waals surface area contributed by atoms with E-state index in [1.54, 1.807) is 35.0 Å². The quantitative estimate of drug-likeness (QED) is 0.311. The molecule has 1 heterocycles. The summed E-state index contributed by atoms with van der Waals surface area (Å²) in [5, 5.41) is 11.8. The lowest BCUT2D eigenvalue weighted by Crippen LogP contribution is -2.42. The van der Waals surface area contributed by atoms with E-state index in [-0.39, 0.29) is 23.8 Å². The summed E-state index contributed by atoms with van der Waals surface area (Å²) in [7, 11) is 0. The molecule has 0 aliphatic carbocycles. The smallest absolute Gasteiger partial charge is 0.315 e. The molecule has 1 aromatic heterocycles. The Bertz CT molecular complexity index is 1300. The van der Waals surface area contributed by atoms with Gasteiger partial charge in [-0.3, -0.25) is 4.79 Å². The normalized spacial score (nSPS) is 11.5. The first kappa shape index (κ1) is 28.8. The molecule has 10 heteroatoms. The fraction of sp³-hybridized carbons (Fsp3) is 0.370. The van der Waals surface area contributed by atoms with Crippen LogP contribution in [0.2, 0.25) is 15.1 Å². The third-order valence-corrected chi connectivity index (χ3v) is 6.67. The number of benzene rings is 2. The largest absolute Gasteiger partial charge is 0.322 e. The molecular formula is C27H32Cl3N5O2. The van der Waals surface area contributed by atoms with E-state index < -0.39 is 6.03 Å². The molecule has 2 N–H and O–H groups in total. The van der Waals surface area contributed by atoms with Gasteiger partial charge in [0, 0.05) is 28.7 Å². The number of nitrogens with zero attached hydrogens (tertiary/aromatic N) is 3. The molecule has 0 saturated heterocycles. The van der Waals surface area contributed by atoms with E-state index in [2.05, 4.69) is 10.6 Å². The molecule has 0 atom stereocenters. The Balaban J connectivity index is 1.84. The summed E-state index contributed by atoms with van der Waals surface area (Å²) in [6.07, 6.45) is 0. The van der Waals surface area contributed by atoms with E-state index in [1.807, 2.05) is 53.7 Å². The number of hydrogen-bond donors (Lipinski definition) is 2. The zero-order chi connectivity index (χ0) is 27.5. The summed E-state index contributed by atoms with van der Waals surface area (Å²) in [5.41, 5.74) is 2.63. The summed E-state index contributed by atoms with van der Waals surface area (Å²) < 4.78 is 1.61. The van der Waals surface area contributed by atoms with Crippen LogP contribution in [0.25, 0.3) is 5.69 Å². The van der Waals surface area contributed by atoms with Crippen molar-refractivity contribution < 1.29 is 9.59 Å². The number of carbonyl (C=O) groups excluding carboxylic acids is 2. The van der Waals surface area contributed by atoms with Crippen LogP contribution in [0.3, 0.4) is 0 Å². The van der Waals surface area contributed by atoms with Gasteiger partial charge in [0.2, 0.25) is 5.91 Å². The van der Waals surface area contributed by atoms with E-state index in [9.17, 15) is 9.59 Å². The third kappa shape index (κ3) is 7.63. The summed E-state index contributed by atoms with van der Waals surface area (Å²) in [4.78, 5) is 27.7. The number of rotatable bonds is 7. The highest BCUT2D eigenvalue weighted by molar-refractivity contribution is 6.42. The zero-order valence-electron chi connectivity index (χ0n) is 21.8. The van der Waals surface area contributed by atoms with Crippen molar-refractivity contribution in [2.24, 2.45) is 5.92 Å². The molecule has 3 rings (SSSR count). The number of nitrogens with one attached hydrogen (secondary N) is 2. The lowest BCUT2D eigenvalue weighted by Gasteiger charge is -2.24. The van der Waals surface area contributed by atoms with Gasteiger partial charge >= 0.3 is 6.03 Å². The molecule has 37 heavy (non-hydrogen) atoms. The predicted octanol–water partition coefficient (Wildman–Crippen LogP) is 7.57. The van der Waals surface area contributed by atoms with Crippen molar-refractivity contribution in [1.29, 1.82) is 0 Å². The van der Waals surface area contributed by atoms with Gasteiger partial charge < -0.3 is 15.5 Å². The SMILES string of the molecule is Cc1ccc(NC(=O)N(CC(=O)Nc2cc(C(C)(C)C)nn2-c2ccc(Cl)c(Cl)c2)CC(C)C)cc1Cl. The maximum Gasteiger partial charge on any atom is 0.322 e. The molecule has 0 unspecified atom stereocenters. The van der Waals surface area contributed by atoms with Crippen molar-refractivity contribution >= 4 is 58.2 Å². The molecule has 0 saturated carbocycles. The molecule has 0 spiro atoms. The molecule has 2 aromatic carbocycles. The van der Waals surface area contributed by atoms with E-state index in [4.69, 9.17) is 39.9 Å². The van der Waals surface area contributed by atoms with Gasteiger partial charge in [-0.25, -0.2) is 9.48 Å². The van der Waals surface area contributed by atoms with Crippen molar-refractivity contribution in [3.05, 3.63) is 68.8 Å². The molecular weight excluding hydrogens is 533 g/mol. The molecule has 0 aliphatic rings. The average Bonchev–Trinajstić information content (AvgIpc) is 3.21. The summed E-state index contributed by atoms with van der Waals surface area (Å²) in [5.74, 6) is 0.248. The Morgan fingerprint density at radius 2 is 1.68 bits per heavy atom. The number of hydrogen-bond acceptors (Lipinski definition) is 3. The number of aromatic nitrogens is 2. The van der Waals surface area contributed by atoms with Crippen molar-refractivity contribution in [3.8, 4) is 5.69 Å². The minimum atomic E-state index is -0.392. The van der Waals surface area contributed by atoms with Gasteiger partial charge in [0.25, 0.3) is 0 Å². The van der Waals surface area contributed by atoms with Crippen molar-refractivity contribution in [2.75, 3.05) is 23.7 Å². The van der Waals surface area contributed by atoms with E-state index >= 15 is 0 Å². The average molecular weight is 565 g/mol. The van der Waals surface area contributed by atoms with Crippen molar-refractivity contribution in [3.63, 3.8) is 0 Å². The summed E-state index contributed by atoms with van der Waals surface area (Å²) in [6, 6.07) is 11.9. The first-order valence-electron chi connectivity index (χ1n) is 11.9. The number of amides is 3. The van der Waals surface area contributed by atoms with Gasteiger partial charge in [-0.2, -0.15) is 5.10 Å². The van der Waals surface area contributed by atoms with Crippen LogP contribution in [-0.4, -0.2) is 39.7 Å². The zero-order valence-corrected chi connectivity index (χ0v) is 24.1. The summed E-state index contributed by atoms with van der Waals surface area (Å²) >= 11 is 18.5. The van der Waals surface area contributed by atoms with Crippen LogP contribution >= 0.6 is 34.8 Å². The minimum Gasteiger partial charge on any atom is -0.315 e. The van der Waals surface area contributed by atoms with Gasteiger partial charge in [0.05, 0.1) is 21.4 Å². The lowest BCUT2D eigenvalue weighted by molar-refractivity contribution is -0.116. The fourth-order valence-corrected chi connectivity index (χ4v) is 4.01. The second-order valence-corrected chi connectivity index (χ2v) is 11.6. The molecule has 0 aliphatic heterocycles. The molecule has 0 fully saturated rings. The summed E-state index contributed by atoms with van der Waals surface area (Å²) in [6.45, 7) is 12.2. The van der Waals surface area contributed by atoms with Crippen LogP contribution < -0.4 is 10.6 Å². The highest BCUT2D eigenvalue weighted by Crippen LogP contribution is 2.29. The Hall–Kier alpha value is -2.74. The first-order valence-corrected chi connectivity index (χ1v) is 13.1. The predicted molar refractivity (Wildman–Crippen MR) is 153 cm³/mol. The molecule has 3 aromatic rings. The van der Waals surface area contributed by atoms with Crippen LogP contribution in [0.1, 0.15) is 45.9 Å². The number of halogens is 3. The molecule has 7 nitrogen and oxygen atoms in total. The highest BCUT2D eigenvalue weighted by atomic mass is 35.5. The highest BCUT2D eigenvalue weighted by Gasteiger charge is 2.24. The van der Waals surface area contributed by atoms with Crippen molar-refractivity contribution in [1.82, 2.24) is 14.7 Å². The van der Waals surface area contributed by atoms with E-state index in [1.165, 1.54) is 4.90 Å². The molecule has 3 amide bonds. The number of anilines is 2. The minimum absolute atomic E-state index is 0.148. The van der Waals surface area contributed by atoms with Crippen molar-refractivity contribution in [2.45, 2.75) is 47.0 Å². The number of carbonyl (C=O) groups is 2. The van der Waals surface area contributed by atoms with Crippen LogP contribution in [0.15, 0.2) is 42.5 Å². The molecule has 0 bridgehead atoms. The number of aryl methyl sites for hydroxylation is 1. The molecule has 0 radical (unpaired) electrons. The van der Waals surface area contributed by atoms with Crippen LogP contribution in [0.5, 0.6) is 0 Å². The van der Waals surface area contributed by atoms with Crippen LogP contribution in [0, 0.1) is 12.8 Å². The topological polar surface area (TPSA) is 79.3 Å². The monoisotopic (exact) mass is 563 g/mol. The standard InChI is InChI=1S/C27H32Cl3N5O2/c1-16(2)14-34(26(37)31-18-8-7-17(3)21(29)11-18)15-25(36)32-24-13-23(27(4,5)6)33-35(24)19-9-10-20(28)22(30)12-19/h7-13,16H,14-15H2,1-6H3,(H,31,37)(H,32,36). The third-order valence-electron chi connectivity index (χ3n) is 5.52. The second-order valence-electron chi connectivity index (χ2n) is 10.4. The molecule has 198 valence electrons. The Labute approximate surface area is 233 Å². The Kier molecular flexibility index (Phi) is 9.16. The Morgan fingerprint density at radius 3 is 2.27 bits per heavy atom. The van der Waals surface area contributed by atoms with Gasteiger partial charge in [-0.15, -0.1) is 0 Å². The maximum absolute atomic E-state index is 13.2. The Morgan fingerprint density at radius 1 is 0.973 bits per heavy atom. The van der Waals surface area contributed by atoms with Crippen LogP contribution in [-0.2, 0) is 10.2 Å². The van der Waals surface area contributed by atoms with Gasteiger partial charge in [0.15, 0.2) is 0 Å². The van der Waals surface area contributed by atoms with Gasteiger partial charge in [0.1, 0.15) is 12.4 Å². The maximum atomic E-state index is 13.2. The number of urea groups is 1. The fourth-order valence-electron chi connectivity index (χ4n) is 3.54. The second kappa shape index (κ2) is 11.8. The van der Waals surface area contributed by atoms with Crippen LogP contribution in [0.4, 0.5) is 16.3 Å². The van der Waals surface area contributed by atoms with Gasteiger partial charge in [-0.1, -0.05) is 75.5 Å².